The van der Waals surface area contributed by atoms with Crippen LogP contribution in [-0.2, 0) is 6.42 Å². The van der Waals surface area contributed by atoms with E-state index in [1.54, 1.807) is 6.07 Å². The molecule has 1 heterocycles. The molecule has 0 atom stereocenters. The van der Waals surface area contributed by atoms with Crippen LogP contribution < -0.4 is 5.73 Å². The number of halogens is 2. The number of hydrogen-bond acceptors (Lipinski definition) is 3. The van der Waals surface area contributed by atoms with Gasteiger partial charge in [0.05, 0.1) is 5.69 Å². The van der Waals surface area contributed by atoms with Crippen LogP contribution in [0.25, 0.3) is 10.4 Å². The topological polar surface area (TPSA) is 49.8 Å². The average Bonchev–Trinajstić information content (AvgIpc) is 2.66. The van der Waals surface area contributed by atoms with E-state index in [9.17, 15) is 0 Å². The van der Waals surface area contributed by atoms with Gasteiger partial charge in [0.25, 0.3) is 0 Å². The van der Waals surface area contributed by atoms with Gasteiger partial charge in [-0.3, -0.25) is 0 Å². The fraction of sp³-hybridized carbons (Fsp3) is 0.214. The van der Waals surface area contributed by atoms with Crippen molar-refractivity contribution in [1.29, 1.82) is 5.26 Å². The molecule has 0 spiro atoms. The van der Waals surface area contributed by atoms with E-state index in [0.717, 1.165) is 28.8 Å². The third-order valence-electron chi connectivity index (χ3n) is 2.77. The minimum absolute atomic E-state index is 0.551. The minimum atomic E-state index is 0.551. The molecule has 0 aliphatic carbocycles. The monoisotopic (exact) mass is 310 g/mol. The van der Waals surface area contributed by atoms with Gasteiger partial charge < -0.3 is 5.73 Å². The third-order valence-corrected chi connectivity index (χ3v) is 4.41. The molecule has 2 aromatic rings. The van der Waals surface area contributed by atoms with Gasteiger partial charge in [-0.1, -0.05) is 36.5 Å². The van der Waals surface area contributed by atoms with Gasteiger partial charge in [-0.25, -0.2) is 0 Å². The molecule has 0 radical (unpaired) electrons. The first-order valence-electron chi connectivity index (χ1n) is 5.84. The third kappa shape index (κ3) is 2.87. The molecule has 0 saturated carbocycles. The molecule has 2 nitrogen and oxygen atoms in total. The lowest BCUT2D eigenvalue weighted by Gasteiger charge is -2.05. The molecule has 2 N–H and O–H groups in total. The highest BCUT2D eigenvalue weighted by molar-refractivity contribution is 7.16. The van der Waals surface area contributed by atoms with Crippen LogP contribution in [0, 0.1) is 11.3 Å². The van der Waals surface area contributed by atoms with E-state index < -0.39 is 0 Å². The molecule has 0 aliphatic heterocycles. The number of nitrogen functional groups attached to an aromatic ring is 1. The molecule has 1 aromatic carbocycles. The maximum atomic E-state index is 9.11. The Balaban J connectivity index is 2.64. The maximum Gasteiger partial charge on any atom is 0.128 e. The number of benzene rings is 1. The molecular formula is C14H12Cl2N2S. The zero-order chi connectivity index (χ0) is 14.0. The van der Waals surface area contributed by atoms with Crippen LogP contribution in [-0.4, -0.2) is 0 Å². The van der Waals surface area contributed by atoms with E-state index in [-0.39, 0.29) is 0 Å². The Morgan fingerprint density at radius 2 is 1.89 bits per heavy atom. The largest absolute Gasteiger partial charge is 0.397 e. The molecule has 2 rings (SSSR count). The molecule has 0 unspecified atom stereocenters. The Morgan fingerprint density at radius 1 is 1.26 bits per heavy atom. The van der Waals surface area contributed by atoms with Crippen molar-refractivity contribution in [3.05, 3.63) is 38.7 Å². The van der Waals surface area contributed by atoms with Gasteiger partial charge in [0.2, 0.25) is 0 Å². The first-order valence-corrected chi connectivity index (χ1v) is 7.41. The van der Waals surface area contributed by atoms with Crippen molar-refractivity contribution < 1.29 is 0 Å². The second-order valence-corrected chi connectivity index (χ2v) is 6.07. The van der Waals surface area contributed by atoms with Gasteiger partial charge in [-0.05, 0) is 35.7 Å². The molecule has 0 fully saturated rings. The van der Waals surface area contributed by atoms with Crippen LogP contribution in [0.3, 0.4) is 0 Å². The number of anilines is 1. The van der Waals surface area contributed by atoms with E-state index in [1.165, 1.54) is 11.3 Å². The van der Waals surface area contributed by atoms with E-state index in [1.807, 2.05) is 12.1 Å². The van der Waals surface area contributed by atoms with Gasteiger partial charge in [0, 0.05) is 14.9 Å². The number of nitriles is 1. The van der Waals surface area contributed by atoms with E-state index in [2.05, 4.69) is 13.0 Å². The minimum Gasteiger partial charge on any atom is -0.397 e. The lowest BCUT2D eigenvalue weighted by atomic mass is 10.0. The highest BCUT2D eigenvalue weighted by Crippen LogP contribution is 2.40. The van der Waals surface area contributed by atoms with Gasteiger partial charge >= 0.3 is 0 Å². The SMILES string of the molecule is CCCc1c(-c2cc(Cl)cc(Cl)c2)sc(C#N)c1N. The summed E-state index contributed by atoms with van der Waals surface area (Å²) in [6, 6.07) is 7.52. The first kappa shape index (κ1) is 14.2. The summed E-state index contributed by atoms with van der Waals surface area (Å²) in [5, 5.41) is 10.3. The fourth-order valence-electron chi connectivity index (χ4n) is 1.98. The summed E-state index contributed by atoms with van der Waals surface area (Å²) < 4.78 is 0. The number of nitrogens with zero attached hydrogens (tertiary/aromatic N) is 1. The van der Waals surface area contributed by atoms with Crippen molar-refractivity contribution in [2.45, 2.75) is 19.8 Å². The molecular weight excluding hydrogens is 299 g/mol. The standard InChI is InChI=1S/C14H12Cl2N2S/c1-2-3-11-13(18)12(7-17)19-14(11)8-4-9(15)6-10(16)5-8/h4-6H,2-3,18H2,1H3. The van der Waals surface area contributed by atoms with Crippen molar-refractivity contribution in [3.63, 3.8) is 0 Å². The Bertz CT molecular complexity index is 636. The summed E-state index contributed by atoms with van der Waals surface area (Å²) in [5.74, 6) is 0. The number of nitrogens with two attached hydrogens (primary N) is 1. The molecule has 0 aliphatic rings. The summed E-state index contributed by atoms with van der Waals surface area (Å²) in [6.07, 6.45) is 1.80. The normalized spacial score (nSPS) is 10.4. The molecule has 0 amide bonds. The van der Waals surface area contributed by atoms with Gasteiger partial charge in [0.15, 0.2) is 0 Å². The number of thiophene rings is 1. The lowest BCUT2D eigenvalue weighted by Crippen LogP contribution is -1.93. The lowest BCUT2D eigenvalue weighted by molar-refractivity contribution is 0.930. The van der Waals surface area contributed by atoms with Crippen LogP contribution >= 0.6 is 34.5 Å². The van der Waals surface area contributed by atoms with E-state index in [0.29, 0.717) is 20.6 Å². The zero-order valence-electron chi connectivity index (χ0n) is 10.3. The predicted octanol–water partition coefficient (Wildman–Crippen LogP) is 5.13. The molecule has 98 valence electrons. The number of hydrogen-bond donors (Lipinski definition) is 1. The summed E-state index contributed by atoms with van der Waals surface area (Å²) in [7, 11) is 0. The number of rotatable bonds is 3. The van der Waals surface area contributed by atoms with Crippen molar-refractivity contribution in [2.24, 2.45) is 0 Å². The molecule has 5 heteroatoms. The van der Waals surface area contributed by atoms with Crippen LogP contribution in [0.4, 0.5) is 5.69 Å². The zero-order valence-corrected chi connectivity index (χ0v) is 12.7. The summed E-state index contributed by atoms with van der Waals surface area (Å²) in [5.41, 5.74) is 8.55. The summed E-state index contributed by atoms with van der Waals surface area (Å²) >= 11 is 13.5. The van der Waals surface area contributed by atoms with Gasteiger partial charge in [-0.2, -0.15) is 5.26 Å². The summed E-state index contributed by atoms with van der Waals surface area (Å²) in [6.45, 7) is 2.08. The average molecular weight is 311 g/mol. The van der Waals surface area contributed by atoms with Crippen molar-refractivity contribution in [3.8, 4) is 16.5 Å². The smallest absolute Gasteiger partial charge is 0.128 e. The second kappa shape index (κ2) is 5.83. The van der Waals surface area contributed by atoms with Crippen LogP contribution in [0.1, 0.15) is 23.8 Å². The van der Waals surface area contributed by atoms with Crippen molar-refractivity contribution >= 4 is 40.2 Å². The summed E-state index contributed by atoms with van der Waals surface area (Å²) in [4.78, 5) is 1.54. The Kier molecular flexibility index (Phi) is 4.36. The van der Waals surface area contributed by atoms with Gasteiger partial charge in [-0.15, -0.1) is 11.3 Å². The van der Waals surface area contributed by atoms with Crippen LogP contribution in [0.5, 0.6) is 0 Å². The Morgan fingerprint density at radius 3 is 2.42 bits per heavy atom. The fourth-order valence-corrected chi connectivity index (χ4v) is 3.56. The van der Waals surface area contributed by atoms with Crippen molar-refractivity contribution in [1.82, 2.24) is 0 Å². The molecule has 0 bridgehead atoms. The molecule has 0 saturated heterocycles. The van der Waals surface area contributed by atoms with Crippen molar-refractivity contribution in [2.75, 3.05) is 5.73 Å². The highest BCUT2D eigenvalue weighted by Gasteiger charge is 2.17. The van der Waals surface area contributed by atoms with E-state index >= 15 is 0 Å². The first-order chi connectivity index (χ1) is 9.06. The van der Waals surface area contributed by atoms with E-state index in [4.69, 9.17) is 34.2 Å². The predicted molar refractivity (Wildman–Crippen MR) is 82.9 cm³/mol. The van der Waals surface area contributed by atoms with Gasteiger partial charge in [0.1, 0.15) is 10.9 Å². The van der Waals surface area contributed by atoms with Crippen LogP contribution in [0.15, 0.2) is 18.2 Å². The quantitative estimate of drug-likeness (QED) is 0.854. The highest BCUT2D eigenvalue weighted by atomic mass is 35.5. The maximum absolute atomic E-state index is 9.11. The second-order valence-electron chi connectivity index (χ2n) is 4.17. The molecule has 1 aromatic heterocycles. The Labute approximate surface area is 126 Å². The van der Waals surface area contributed by atoms with Crippen LogP contribution in [0.2, 0.25) is 10.0 Å². The molecule has 19 heavy (non-hydrogen) atoms. The Hall–Kier alpha value is -1.21.